The Hall–Kier alpha value is -3.32. The Morgan fingerprint density at radius 2 is 1.85 bits per heavy atom. The molecule has 0 amide bonds. The normalized spacial score (nSPS) is 12.5. The Morgan fingerprint density at radius 3 is 2.74 bits per heavy atom. The molecule has 1 aromatic carbocycles. The van der Waals surface area contributed by atoms with Crippen molar-refractivity contribution in [3.05, 3.63) is 72.3 Å². The zero-order valence-electron chi connectivity index (χ0n) is 14.6. The van der Waals surface area contributed by atoms with Gasteiger partial charge in [-0.05, 0) is 24.6 Å². The van der Waals surface area contributed by atoms with E-state index in [9.17, 15) is 0 Å². The van der Waals surface area contributed by atoms with Gasteiger partial charge in [0, 0.05) is 17.1 Å². The van der Waals surface area contributed by atoms with Crippen LogP contribution in [0.4, 0.5) is 5.82 Å². The Morgan fingerprint density at radius 1 is 1.00 bits per heavy atom. The largest absolute Gasteiger partial charge is 0.360 e. The number of hydrogen-bond donors (Lipinski definition) is 1. The molecule has 5 rings (SSSR count). The van der Waals surface area contributed by atoms with Crippen LogP contribution in [0, 0.1) is 0 Å². The van der Waals surface area contributed by atoms with Crippen LogP contribution in [0.25, 0.3) is 27.0 Å². The molecule has 0 spiro atoms. The predicted molar refractivity (Wildman–Crippen MR) is 108 cm³/mol. The summed E-state index contributed by atoms with van der Waals surface area (Å²) in [4.78, 5) is 9.93. The quantitative estimate of drug-likeness (QED) is 0.500. The van der Waals surface area contributed by atoms with Gasteiger partial charge >= 0.3 is 0 Å². The molecule has 6 nitrogen and oxygen atoms in total. The lowest BCUT2D eigenvalue weighted by molar-refractivity contribution is 0.769. The second-order valence-corrected chi connectivity index (χ2v) is 7.13. The number of nitrogens with zero attached hydrogens (tertiary/aromatic N) is 5. The molecule has 0 saturated heterocycles. The van der Waals surface area contributed by atoms with E-state index in [1.165, 1.54) is 0 Å². The number of benzene rings is 1. The highest BCUT2D eigenvalue weighted by Gasteiger charge is 2.18. The summed E-state index contributed by atoms with van der Waals surface area (Å²) in [5.74, 6) is 1.65. The number of hydrogen-bond acceptors (Lipinski definition) is 6. The van der Waals surface area contributed by atoms with Crippen molar-refractivity contribution in [2.45, 2.75) is 13.0 Å². The van der Waals surface area contributed by atoms with E-state index in [2.05, 4.69) is 49.9 Å². The highest BCUT2D eigenvalue weighted by molar-refractivity contribution is 7.17. The third-order valence-corrected chi connectivity index (χ3v) is 5.42. The molecule has 0 radical (unpaired) electrons. The van der Waals surface area contributed by atoms with E-state index >= 15 is 0 Å². The summed E-state index contributed by atoms with van der Waals surface area (Å²) in [5, 5.41) is 15.3. The second-order valence-electron chi connectivity index (χ2n) is 6.27. The average Bonchev–Trinajstić information content (AvgIpc) is 3.34. The second kappa shape index (κ2) is 6.44. The number of pyridine rings is 1. The molecule has 0 bridgehead atoms. The van der Waals surface area contributed by atoms with Gasteiger partial charge in [0.2, 0.25) is 0 Å². The lowest BCUT2D eigenvalue weighted by atomic mass is 10.1. The van der Waals surface area contributed by atoms with Gasteiger partial charge < -0.3 is 5.32 Å². The zero-order valence-corrected chi connectivity index (χ0v) is 15.4. The minimum atomic E-state index is -0.0657. The van der Waals surface area contributed by atoms with Crippen molar-refractivity contribution in [1.29, 1.82) is 0 Å². The van der Waals surface area contributed by atoms with Crippen molar-refractivity contribution in [2.75, 3.05) is 5.32 Å². The molecule has 0 saturated carbocycles. The first kappa shape index (κ1) is 15.9. The highest BCUT2D eigenvalue weighted by Crippen LogP contribution is 2.37. The van der Waals surface area contributed by atoms with Crippen LogP contribution in [-0.2, 0) is 0 Å². The average molecular weight is 372 g/mol. The maximum absolute atomic E-state index is 4.52. The van der Waals surface area contributed by atoms with Crippen LogP contribution in [0.3, 0.4) is 0 Å². The maximum atomic E-state index is 4.52. The number of fused-ring (bicyclic) bond motifs is 2. The standard InChI is InChI=1S/C20H16N6S/c1-13(19-25-24-16-9-5-6-10-26(16)19)23-18-17-15(14-7-3-2-4-8-14)11-27-20(17)22-12-21-18/h2-13H,1H3,(H,21,22,23)/t13-/m0/s1. The minimum Gasteiger partial charge on any atom is -0.360 e. The molecule has 5 aromatic rings. The van der Waals surface area contributed by atoms with Crippen molar-refractivity contribution in [3.63, 3.8) is 0 Å². The molecule has 4 heterocycles. The minimum absolute atomic E-state index is 0.0657. The number of nitrogens with one attached hydrogen (secondary N) is 1. The summed E-state index contributed by atoms with van der Waals surface area (Å²) in [6, 6.07) is 16.1. The Balaban J connectivity index is 1.58. The van der Waals surface area contributed by atoms with Gasteiger partial charge in [-0.1, -0.05) is 36.4 Å². The molecule has 0 aliphatic heterocycles. The molecule has 0 fully saturated rings. The van der Waals surface area contributed by atoms with Gasteiger partial charge in [0.1, 0.15) is 17.0 Å². The van der Waals surface area contributed by atoms with Gasteiger partial charge in [0.25, 0.3) is 0 Å². The van der Waals surface area contributed by atoms with Crippen molar-refractivity contribution >= 4 is 33.0 Å². The van der Waals surface area contributed by atoms with Crippen LogP contribution in [0.15, 0.2) is 66.4 Å². The number of anilines is 1. The smallest absolute Gasteiger partial charge is 0.160 e. The van der Waals surface area contributed by atoms with E-state index in [0.29, 0.717) is 0 Å². The fourth-order valence-electron chi connectivity index (χ4n) is 3.24. The molecular weight excluding hydrogens is 356 g/mol. The molecule has 0 aliphatic rings. The maximum Gasteiger partial charge on any atom is 0.160 e. The van der Waals surface area contributed by atoms with Gasteiger partial charge in [0.15, 0.2) is 11.5 Å². The third kappa shape index (κ3) is 2.72. The molecule has 132 valence electrons. The van der Waals surface area contributed by atoms with Gasteiger partial charge in [-0.2, -0.15) is 0 Å². The van der Waals surface area contributed by atoms with Crippen LogP contribution in [0.2, 0.25) is 0 Å². The first-order chi connectivity index (χ1) is 13.3. The molecule has 1 atom stereocenters. The van der Waals surface area contributed by atoms with Gasteiger partial charge in [-0.3, -0.25) is 4.40 Å². The summed E-state index contributed by atoms with van der Waals surface area (Å²) < 4.78 is 1.99. The summed E-state index contributed by atoms with van der Waals surface area (Å²) in [5.41, 5.74) is 3.12. The van der Waals surface area contributed by atoms with Crippen molar-refractivity contribution in [2.24, 2.45) is 0 Å². The number of aromatic nitrogens is 5. The first-order valence-corrected chi connectivity index (χ1v) is 9.53. The van der Waals surface area contributed by atoms with Crippen LogP contribution in [-0.4, -0.2) is 24.6 Å². The molecule has 0 unspecified atom stereocenters. The fourth-order valence-corrected chi connectivity index (χ4v) is 4.16. The summed E-state index contributed by atoms with van der Waals surface area (Å²) in [6.45, 7) is 2.06. The van der Waals surface area contributed by atoms with Crippen molar-refractivity contribution in [1.82, 2.24) is 24.6 Å². The molecule has 0 aliphatic carbocycles. The zero-order chi connectivity index (χ0) is 18.2. The molecule has 27 heavy (non-hydrogen) atoms. The highest BCUT2D eigenvalue weighted by atomic mass is 32.1. The predicted octanol–water partition coefficient (Wildman–Crippen LogP) is 4.57. The monoisotopic (exact) mass is 372 g/mol. The first-order valence-electron chi connectivity index (χ1n) is 8.65. The van der Waals surface area contributed by atoms with E-state index in [1.807, 2.05) is 47.0 Å². The summed E-state index contributed by atoms with van der Waals surface area (Å²) in [6.07, 6.45) is 3.57. The van der Waals surface area contributed by atoms with Gasteiger partial charge in [-0.15, -0.1) is 21.5 Å². The van der Waals surface area contributed by atoms with E-state index in [-0.39, 0.29) is 6.04 Å². The SMILES string of the molecule is C[C@H](Nc1ncnc2scc(-c3ccccc3)c12)c1nnc2ccccn12. The summed E-state index contributed by atoms with van der Waals surface area (Å²) >= 11 is 1.63. The van der Waals surface area contributed by atoms with Gasteiger partial charge in [-0.25, -0.2) is 9.97 Å². The summed E-state index contributed by atoms with van der Waals surface area (Å²) in [7, 11) is 0. The van der Waals surface area contributed by atoms with E-state index in [1.54, 1.807) is 17.7 Å². The topological polar surface area (TPSA) is 68.0 Å². The molecule has 7 heteroatoms. The third-order valence-electron chi connectivity index (χ3n) is 4.54. The lowest BCUT2D eigenvalue weighted by Crippen LogP contribution is -2.12. The fraction of sp³-hybridized carbons (Fsp3) is 0.100. The van der Waals surface area contributed by atoms with Crippen LogP contribution >= 0.6 is 11.3 Å². The van der Waals surface area contributed by atoms with E-state index in [4.69, 9.17) is 0 Å². The lowest BCUT2D eigenvalue weighted by Gasteiger charge is -2.14. The Labute approximate surface area is 159 Å². The van der Waals surface area contributed by atoms with Crippen molar-refractivity contribution in [3.8, 4) is 11.1 Å². The van der Waals surface area contributed by atoms with Crippen LogP contribution in [0.5, 0.6) is 0 Å². The molecular formula is C20H16N6S. The molecule has 4 aromatic heterocycles. The Kier molecular flexibility index (Phi) is 3.79. The van der Waals surface area contributed by atoms with Crippen LogP contribution < -0.4 is 5.32 Å². The van der Waals surface area contributed by atoms with Crippen molar-refractivity contribution < 1.29 is 0 Å². The van der Waals surface area contributed by atoms with E-state index < -0.39 is 0 Å². The van der Waals surface area contributed by atoms with Crippen LogP contribution in [0.1, 0.15) is 18.8 Å². The number of thiophene rings is 1. The van der Waals surface area contributed by atoms with E-state index in [0.717, 1.165) is 38.6 Å². The molecule has 1 N–H and O–H groups in total. The number of rotatable bonds is 4. The Bertz CT molecular complexity index is 1230. The van der Waals surface area contributed by atoms with Gasteiger partial charge in [0.05, 0.1) is 11.4 Å².